The summed E-state index contributed by atoms with van der Waals surface area (Å²) < 4.78 is 32.1. The fourth-order valence-corrected chi connectivity index (χ4v) is 3.89. The fourth-order valence-electron chi connectivity index (χ4n) is 2.05. The Balaban J connectivity index is 3.10. The first-order valence-electron chi connectivity index (χ1n) is 6.66. The molecule has 0 aromatic carbocycles. The summed E-state index contributed by atoms with van der Waals surface area (Å²) in [6, 6.07) is 1.56. The minimum Gasteiger partial charge on any atom is -0.464 e. The molecule has 6 heteroatoms. The summed E-state index contributed by atoms with van der Waals surface area (Å²) in [6.07, 6.45) is 0. The van der Waals surface area contributed by atoms with E-state index in [9.17, 15) is 8.42 Å². The lowest BCUT2D eigenvalue weighted by molar-refractivity contribution is 0.368. The van der Waals surface area contributed by atoms with Crippen LogP contribution in [0, 0.1) is 6.92 Å². The Kier molecular flexibility index (Phi) is 5.58. The highest BCUT2D eigenvalue weighted by atomic mass is 32.2. The third kappa shape index (κ3) is 3.58. The van der Waals surface area contributed by atoms with Crippen LogP contribution >= 0.6 is 0 Å². The van der Waals surface area contributed by atoms with Crippen LogP contribution in [0.4, 0.5) is 0 Å². The van der Waals surface area contributed by atoms with Crippen LogP contribution in [0.15, 0.2) is 15.4 Å². The van der Waals surface area contributed by atoms with Gasteiger partial charge in [-0.05, 0) is 27.3 Å². The van der Waals surface area contributed by atoms with Gasteiger partial charge in [-0.15, -0.1) is 0 Å². The molecule has 5 nitrogen and oxygen atoms in total. The summed E-state index contributed by atoms with van der Waals surface area (Å²) in [5, 5.41) is 3.12. The van der Waals surface area contributed by atoms with Gasteiger partial charge in [0, 0.05) is 18.7 Å². The maximum Gasteiger partial charge on any atom is 0.246 e. The summed E-state index contributed by atoms with van der Waals surface area (Å²) >= 11 is 0. The molecular formula is C13H24N2O3S. The molecule has 1 rings (SSSR count). The first-order chi connectivity index (χ1) is 8.84. The zero-order valence-corrected chi connectivity index (χ0v) is 13.2. The van der Waals surface area contributed by atoms with Gasteiger partial charge in [-0.1, -0.05) is 13.8 Å². The van der Waals surface area contributed by atoms with Gasteiger partial charge in [0.15, 0.2) is 0 Å². The van der Waals surface area contributed by atoms with Crippen molar-refractivity contribution in [2.75, 3.05) is 13.1 Å². The normalized spacial score (nSPS) is 12.6. The van der Waals surface area contributed by atoms with E-state index in [4.69, 9.17) is 4.42 Å². The number of furan rings is 1. The van der Waals surface area contributed by atoms with E-state index in [0.717, 1.165) is 6.54 Å². The zero-order chi connectivity index (χ0) is 14.6. The molecule has 0 fully saturated rings. The Morgan fingerprint density at radius 3 is 2.47 bits per heavy atom. The molecule has 110 valence electrons. The molecule has 1 aromatic rings. The second-order valence-corrected chi connectivity index (χ2v) is 6.57. The lowest BCUT2D eigenvalue weighted by Crippen LogP contribution is -2.36. The predicted molar refractivity (Wildman–Crippen MR) is 75.5 cm³/mol. The van der Waals surface area contributed by atoms with Crippen molar-refractivity contribution in [3.63, 3.8) is 0 Å². The van der Waals surface area contributed by atoms with E-state index in [1.165, 1.54) is 4.31 Å². The molecule has 0 unspecified atom stereocenters. The third-order valence-electron chi connectivity index (χ3n) is 2.95. The summed E-state index contributed by atoms with van der Waals surface area (Å²) in [6.45, 7) is 11.1. The minimum atomic E-state index is -3.47. The predicted octanol–water partition coefficient (Wildman–Crippen LogP) is 2.12. The van der Waals surface area contributed by atoms with E-state index in [1.807, 2.05) is 27.7 Å². The highest BCUT2D eigenvalue weighted by Gasteiger charge is 2.29. The Hall–Kier alpha value is -0.850. The van der Waals surface area contributed by atoms with Gasteiger partial charge < -0.3 is 9.73 Å². The van der Waals surface area contributed by atoms with Crippen molar-refractivity contribution in [1.82, 2.24) is 9.62 Å². The summed E-state index contributed by atoms with van der Waals surface area (Å²) in [5.74, 6) is 1.10. The van der Waals surface area contributed by atoms with Gasteiger partial charge in [0.25, 0.3) is 0 Å². The molecule has 0 aliphatic heterocycles. The van der Waals surface area contributed by atoms with E-state index in [-0.39, 0.29) is 10.9 Å². The van der Waals surface area contributed by atoms with Gasteiger partial charge in [-0.3, -0.25) is 0 Å². The molecule has 0 amide bonds. The maximum absolute atomic E-state index is 12.6. The highest BCUT2D eigenvalue weighted by Crippen LogP contribution is 2.24. The Labute approximate surface area is 116 Å². The number of aryl methyl sites for hydroxylation is 1. The highest BCUT2D eigenvalue weighted by molar-refractivity contribution is 7.89. The van der Waals surface area contributed by atoms with Crippen LogP contribution in [0.3, 0.4) is 0 Å². The first kappa shape index (κ1) is 16.2. The molecule has 0 saturated heterocycles. The van der Waals surface area contributed by atoms with Crippen molar-refractivity contribution in [3.05, 3.63) is 17.6 Å². The molecule has 1 N–H and O–H groups in total. The number of hydrogen-bond acceptors (Lipinski definition) is 4. The molecule has 0 atom stereocenters. The molecule has 0 aliphatic rings. The van der Waals surface area contributed by atoms with Crippen LogP contribution in [-0.4, -0.2) is 31.9 Å². The van der Waals surface area contributed by atoms with Crippen molar-refractivity contribution >= 4 is 10.0 Å². The van der Waals surface area contributed by atoms with Gasteiger partial charge in [0.1, 0.15) is 16.4 Å². The molecule has 0 spiro atoms. The van der Waals surface area contributed by atoms with Crippen LogP contribution in [0.25, 0.3) is 0 Å². The topological polar surface area (TPSA) is 62.6 Å². The average Bonchev–Trinajstić information content (AvgIpc) is 2.68. The lowest BCUT2D eigenvalue weighted by Gasteiger charge is -2.23. The van der Waals surface area contributed by atoms with Crippen molar-refractivity contribution in [2.24, 2.45) is 0 Å². The first-order valence-corrected chi connectivity index (χ1v) is 8.10. The number of nitrogens with zero attached hydrogens (tertiary/aromatic N) is 1. The van der Waals surface area contributed by atoms with Gasteiger partial charge in [-0.25, -0.2) is 8.42 Å². The maximum atomic E-state index is 12.6. The van der Waals surface area contributed by atoms with E-state index in [1.54, 1.807) is 13.0 Å². The third-order valence-corrected chi connectivity index (χ3v) is 5.21. The van der Waals surface area contributed by atoms with E-state index in [2.05, 4.69) is 5.32 Å². The molecule has 1 heterocycles. The zero-order valence-electron chi connectivity index (χ0n) is 12.4. The van der Waals surface area contributed by atoms with Gasteiger partial charge in [-0.2, -0.15) is 4.31 Å². The Bertz CT molecular complexity index is 506. The van der Waals surface area contributed by atoms with Crippen molar-refractivity contribution in [1.29, 1.82) is 0 Å². The number of rotatable bonds is 7. The van der Waals surface area contributed by atoms with Gasteiger partial charge >= 0.3 is 0 Å². The molecule has 0 bridgehead atoms. The average molecular weight is 288 g/mol. The SMILES string of the molecule is CCNCc1cc(S(=O)(=O)N(CC)C(C)C)c(C)o1. The van der Waals surface area contributed by atoms with Crippen molar-refractivity contribution in [3.8, 4) is 0 Å². The van der Waals surface area contributed by atoms with E-state index >= 15 is 0 Å². The van der Waals surface area contributed by atoms with Crippen LogP contribution in [0.2, 0.25) is 0 Å². The molecule has 0 saturated carbocycles. The largest absolute Gasteiger partial charge is 0.464 e. The monoisotopic (exact) mass is 288 g/mol. The molecule has 19 heavy (non-hydrogen) atoms. The quantitative estimate of drug-likeness (QED) is 0.835. The van der Waals surface area contributed by atoms with E-state index in [0.29, 0.717) is 24.6 Å². The summed E-state index contributed by atoms with van der Waals surface area (Å²) in [5.41, 5.74) is 0. The van der Waals surface area contributed by atoms with Gasteiger partial charge in [0.05, 0.1) is 6.54 Å². The van der Waals surface area contributed by atoms with E-state index < -0.39 is 10.0 Å². The van der Waals surface area contributed by atoms with Crippen molar-refractivity contribution < 1.29 is 12.8 Å². The van der Waals surface area contributed by atoms with Crippen molar-refractivity contribution in [2.45, 2.75) is 52.1 Å². The second-order valence-electron chi connectivity index (χ2n) is 4.72. The molecular weight excluding hydrogens is 264 g/mol. The van der Waals surface area contributed by atoms with Crippen LogP contribution in [-0.2, 0) is 16.6 Å². The number of sulfonamides is 1. The molecule has 0 radical (unpaired) electrons. The van der Waals surface area contributed by atoms with Crippen LogP contribution < -0.4 is 5.32 Å². The Morgan fingerprint density at radius 2 is 2.00 bits per heavy atom. The molecule has 0 aliphatic carbocycles. The lowest BCUT2D eigenvalue weighted by atomic mass is 10.4. The molecule has 1 aromatic heterocycles. The summed E-state index contributed by atoms with van der Waals surface area (Å²) in [7, 11) is -3.47. The number of hydrogen-bond donors (Lipinski definition) is 1. The summed E-state index contributed by atoms with van der Waals surface area (Å²) in [4.78, 5) is 0.274. The fraction of sp³-hybridized carbons (Fsp3) is 0.692. The van der Waals surface area contributed by atoms with Crippen LogP contribution in [0.5, 0.6) is 0 Å². The second kappa shape index (κ2) is 6.54. The number of nitrogens with one attached hydrogen (secondary N) is 1. The van der Waals surface area contributed by atoms with Crippen LogP contribution in [0.1, 0.15) is 39.2 Å². The van der Waals surface area contributed by atoms with Gasteiger partial charge in [0.2, 0.25) is 10.0 Å². The standard InChI is InChI=1S/C13H24N2O3S/c1-6-14-9-12-8-13(11(5)18-12)19(16,17)15(7-2)10(3)4/h8,10,14H,6-7,9H2,1-5H3. The smallest absolute Gasteiger partial charge is 0.246 e. The Morgan fingerprint density at radius 1 is 1.37 bits per heavy atom. The minimum absolute atomic E-state index is 0.0680.